The number of benzene rings is 1. The number of hydrogen-bond acceptors (Lipinski definition) is 3. The molecule has 1 fully saturated rings. The quantitative estimate of drug-likeness (QED) is 0.647. The smallest absolute Gasteiger partial charge is 0.253 e. The molecule has 1 saturated heterocycles. The largest absolute Gasteiger partial charge is 0.398 e. The van der Waals surface area contributed by atoms with Gasteiger partial charge in [0.15, 0.2) is 11.6 Å². The SMILES string of the molecule is Nc1cc(F)c(F)cc1C(=O)NCCCN1CCCCC1. The van der Waals surface area contributed by atoms with Crippen molar-refractivity contribution in [2.75, 3.05) is 31.9 Å². The number of nitrogen functional groups attached to an aromatic ring is 1. The van der Waals surface area contributed by atoms with E-state index in [0.717, 1.165) is 38.2 Å². The van der Waals surface area contributed by atoms with Crippen LogP contribution in [0.5, 0.6) is 0 Å². The number of piperidine rings is 1. The van der Waals surface area contributed by atoms with Gasteiger partial charge in [0.1, 0.15) is 0 Å². The van der Waals surface area contributed by atoms with Crippen molar-refractivity contribution in [2.45, 2.75) is 25.7 Å². The highest BCUT2D eigenvalue weighted by Crippen LogP contribution is 2.16. The molecular formula is C15H21F2N3O. The van der Waals surface area contributed by atoms with E-state index in [4.69, 9.17) is 5.73 Å². The number of anilines is 1. The maximum absolute atomic E-state index is 13.1. The molecule has 0 saturated carbocycles. The molecule has 21 heavy (non-hydrogen) atoms. The summed E-state index contributed by atoms with van der Waals surface area (Å²) in [4.78, 5) is 14.3. The van der Waals surface area contributed by atoms with Gasteiger partial charge in [-0.2, -0.15) is 0 Å². The van der Waals surface area contributed by atoms with Crippen LogP contribution in [0.1, 0.15) is 36.0 Å². The van der Waals surface area contributed by atoms with Gasteiger partial charge in [-0.15, -0.1) is 0 Å². The molecule has 0 bridgehead atoms. The molecule has 1 aromatic rings. The van der Waals surface area contributed by atoms with Crippen LogP contribution in [0.25, 0.3) is 0 Å². The molecule has 1 aliphatic rings. The Morgan fingerprint density at radius 2 is 1.86 bits per heavy atom. The topological polar surface area (TPSA) is 58.4 Å². The molecule has 116 valence electrons. The normalized spacial score (nSPS) is 15.9. The van der Waals surface area contributed by atoms with E-state index in [1.165, 1.54) is 19.3 Å². The highest BCUT2D eigenvalue weighted by atomic mass is 19.2. The standard InChI is InChI=1S/C15H21F2N3O/c16-12-9-11(14(18)10-13(12)17)15(21)19-5-4-8-20-6-2-1-3-7-20/h9-10H,1-8,18H2,(H,19,21). The monoisotopic (exact) mass is 297 g/mol. The van der Waals surface area contributed by atoms with Crippen LogP contribution in [-0.4, -0.2) is 37.0 Å². The van der Waals surface area contributed by atoms with E-state index in [9.17, 15) is 13.6 Å². The van der Waals surface area contributed by atoms with Crippen molar-refractivity contribution >= 4 is 11.6 Å². The van der Waals surface area contributed by atoms with Crippen molar-refractivity contribution in [1.29, 1.82) is 0 Å². The lowest BCUT2D eigenvalue weighted by Gasteiger charge is -2.26. The number of likely N-dealkylation sites (tertiary alicyclic amines) is 1. The van der Waals surface area contributed by atoms with E-state index >= 15 is 0 Å². The van der Waals surface area contributed by atoms with E-state index in [1.54, 1.807) is 0 Å². The Bertz CT molecular complexity index is 502. The Balaban J connectivity index is 1.78. The number of carbonyl (C=O) groups is 1. The highest BCUT2D eigenvalue weighted by molar-refractivity contribution is 5.99. The van der Waals surface area contributed by atoms with Gasteiger partial charge in [-0.25, -0.2) is 8.78 Å². The van der Waals surface area contributed by atoms with Crippen molar-refractivity contribution in [3.05, 3.63) is 29.3 Å². The first kappa shape index (κ1) is 15.7. The third kappa shape index (κ3) is 4.39. The number of carbonyl (C=O) groups excluding carboxylic acids is 1. The van der Waals surface area contributed by atoms with Gasteiger partial charge in [0.25, 0.3) is 5.91 Å². The fraction of sp³-hybridized carbons (Fsp3) is 0.533. The van der Waals surface area contributed by atoms with Gasteiger partial charge in [-0.1, -0.05) is 6.42 Å². The van der Waals surface area contributed by atoms with Crippen molar-refractivity contribution in [3.63, 3.8) is 0 Å². The van der Waals surface area contributed by atoms with Gasteiger partial charge in [0.05, 0.1) is 5.56 Å². The van der Waals surface area contributed by atoms with E-state index in [-0.39, 0.29) is 11.3 Å². The van der Waals surface area contributed by atoms with Crippen LogP contribution < -0.4 is 11.1 Å². The Labute approximate surface area is 123 Å². The lowest BCUT2D eigenvalue weighted by molar-refractivity contribution is 0.0951. The number of amides is 1. The number of nitrogens with one attached hydrogen (secondary N) is 1. The average molecular weight is 297 g/mol. The Kier molecular flexibility index (Phi) is 5.50. The number of nitrogens with two attached hydrogens (primary N) is 1. The summed E-state index contributed by atoms with van der Waals surface area (Å²) in [6.07, 6.45) is 4.59. The van der Waals surface area contributed by atoms with Crippen molar-refractivity contribution < 1.29 is 13.6 Å². The first-order valence-corrected chi connectivity index (χ1v) is 7.33. The molecule has 1 amide bonds. The summed E-state index contributed by atoms with van der Waals surface area (Å²) in [5.74, 6) is -2.58. The average Bonchev–Trinajstić information content (AvgIpc) is 2.48. The maximum Gasteiger partial charge on any atom is 0.253 e. The third-order valence-electron chi connectivity index (χ3n) is 3.72. The van der Waals surface area contributed by atoms with Gasteiger partial charge in [0, 0.05) is 18.3 Å². The molecular weight excluding hydrogens is 276 g/mol. The molecule has 0 spiro atoms. The molecule has 4 nitrogen and oxygen atoms in total. The molecule has 6 heteroatoms. The van der Waals surface area contributed by atoms with Crippen LogP contribution in [0, 0.1) is 11.6 Å². The summed E-state index contributed by atoms with van der Waals surface area (Å²) in [5.41, 5.74) is 5.46. The van der Waals surface area contributed by atoms with Crippen molar-refractivity contribution in [2.24, 2.45) is 0 Å². The minimum Gasteiger partial charge on any atom is -0.398 e. The number of nitrogens with zero attached hydrogens (tertiary/aromatic N) is 1. The molecule has 0 unspecified atom stereocenters. The van der Waals surface area contributed by atoms with Crippen molar-refractivity contribution in [3.8, 4) is 0 Å². The summed E-state index contributed by atoms with van der Waals surface area (Å²) in [7, 11) is 0. The highest BCUT2D eigenvalue weighted by Gasteiger charge is 2.14. The molecule has 3 N–H and O–H groups in total. The first-order chi connectivity index (χ1) is 10.1. The van der Waals surface area contributed by atoms with Gasteiger partial charge in [0.2, 0.25) is 0 Å². The number of halogens is 2. The minimum absolute atomic E-state index is 0.0214. The second kappa shape index (κ2) is 7.36. The lowest BCUT2D eigenvalue weighted by Crippen LogP contribution is -2.33. The maximum atomic E-state index is 13.1. The zero-order chi connectivity index (χ0) is 15.2. The van der Waals surface area contributed by atoms with Crippen LogP contribution in [-0.2, 0) is 0 Å². The predicted octanol–water partition coefficient (Wildman–Crippen LogP) is 2.15. The summed E-state index contributed by atoms with van der Waals surface area (Å²) >= 11 is 0. The molecule has 0 aliphatic carbocycles. The van der Waals surface area contributed by atoms with Crippen LogP contribution in [0.15, 0.2) is 12.1 Å². The summed E-state index contributed by atoms with van der Waals surface area (Å²) in [6, 6.07) is 1.67. The van der Waals surface area contributed by atoms with Gasteiger partial charge in [-0.05, 0) is 45.0 Å². The molecule has 1 aromatic carbocycles. The summed E-state index contributed by atoms with van der Waals surface area (Å²) < 4.78 is 26.1. The van der Waals surface area contributed by atoms with E-state index in [2.05, 4.69) is 10.2 Å². The second-order valence-electron chi connectivity index (χ2n) is 5.37. The molecule has 1 heterocycles. The fourth-order valence-corrected chi connectivity index (χ4v) is 2.54. The summed E-state index contributed by atoms with van der Waals surface area (Å²) in [5, 5.41) is 2.69. The Morgan fingerprint density at radius 3 is 2.57 bits per heavy atom. The van der Waals surface area contributed by atoms with Crippen molar-refractivity contribution in [1.82, 2.24) is 10.2 Å². The second-order valence-corrected chi connectivity index (χ2v) is 5.37. The molecule has 0 aromatic heterocycles. The van der Waals surface area contributed by atoms with E-state index in [1.807, 2.05) is 0 Å². The zero-order valence-corrected chi connectivity index (χ0v) is 12.0. The lowest BCUT2D eigenvalue weighted by atomic mass is 10.1. The summed E-state index contributed by atoms with van der Waals surface area (Å²) in [6.45, 7) is 3.66. The van der Waals surface area contributed by atoms with Crippen LogP contribution in [0.2, 0.25) is 0 Å². The molecule has 2 rings (SSSR count). The zero-order valence-electron chi connectivity index (χ0n) is 12.0. The van der Waals surface area contributed by atoms with E-state index in [0.29, 0.717) is 6.54 Å². The predicted molar refractivity (Wildman–Crippen MR) is 78.0 cm³/mol. The van der Waals surface area contributed by atoms with E-state index < -0.39 is 17.5 Å². The molecule has 0 radical (unpaired) electrons. The molecule has 1 aliphatic heterocycles. The van der Waals surface area contributed by atoms with Gasteiger partial charge < -0.3 is 16.0 Å². The van der Waals surface area contributed by atoms with Crippen LogP contribution in [0.4, 0.5) is 14.5 Å². The third-order valence-corrected chi connectivity index (χ3v) is 3.72. The first-order valence-electron chi connectivity index (χ1n) is 7.33. The van der Waals surface area contributed by atoms with Gasteiger partial charge in [-0.3, -0.25) is 4.79 Å². The van der Waals surface area contributed by atoms with Crippen LogP contribution in [0.3, 0.4) is 0 Å². The van der Waals surface area contributed by atoms with Crippen LogP contribution >= 0.6 is 0 Å². The fourth-order valence-electron chi connectivity index (χ4n) is 2.54. The Morgan fingerprint density at radius 1 is 1.19 bits per heavy atom. The van der Waals surface area contributed by atoms with Gasteiger partial charge >= 0.3 is 0 Å². The minimum atomic E-state index is -1.07. The number of hydrogen-bond donors (Lipinski definition) is 2. The number of rotatable bonds is 5. The molecule has 0 atom stereocenters. The Hall–Kier alpha value is -1.69.